The van der Waals surface area contributed by atoms with Gasteiger partial charge in [0.1, 0.15) is 0 Å². The second-order valence-electron chi connectivity index (χ2n) is 17.5. The number of esters is 2. The van der Waals surface area contributed by atoms with Crippen molar-refractivity contribution in [1.29, 1.82) is 10.5 Å². The van der Waals surface area contributed by atoms with E-state index in [-0.39, 0.29) is 37.6 Å². The van der Waals surface area contributed by atoms with Crippen molar-refractivity contribution in [3.8, 4) is 34.4 Å². The third kappa shape index (κ3) is 17.2. The van der Waals surface area contributed by atoms with E-state index in [1.807, 2.05) is 48.5 Å². The maximum atomic E-state index is 12.2. The van der Waals surface area contributed by atoms with Crippen LogP contribution in [0.2, 0.25) is 0 Å². The normalized spacial score (nSPS) is 9.85. The summed E-state index contributed by atoms with van der Waals surface area (Å²) in [6.07, 6.45) is 10.3. The number of ether oxygens (including phenoxy) is 2. The van der Waals surface area contributed by atoms with Crippen LogP contribution in [0.4, 0.5) is 22.7 Å². The first-order chi connectivity index (χ1) is 39.8. The molecule has 0 aliphatic heterocycles. The number of carboxylic acids is 1. The number of hydrogen-bond acceptors (Lipinski definition) is 16. The third-order valence-corrected chi connectivity index (χ3v) is 12.9. The molecule has 3 aromatic heterocycles. The van der Waals surface area contributed by atoms with Crippen LogP contribution in [0.5, 0.6) is 0 Å². The van der Waals surface area contributed by atoms with Crippen molar-refractivity contribution in [2.75, 3.05) is 49.1 Å². The van der Waals surface area contributed by atoms with E-state index in [1.54, 1.807) is 118 Å². The zero-order chi connectivity index (χ0) is 60.3. The molecule has 21 nitrogen and oxygen atoms in total. The first kappa shape index (κ1) is 67.4. The van der Waals surface area contributed by atoms with Gasteiger partial charge in [0.25, 0.3) is 0 Å². The van der Waals surface area contributed by atoms with Crippen molar-refractivity contribution in [1.82, 2.24) is 15.0 Å². The number of hydrogen-bond donors (Lipinski definition) is 3. The van der Waals surface area contributed by atoms with Crippen LogP contribution >= 0.6 is 15.9 Å². The smallest absolute Gasteiger partial charge is 0.870 e. The second kappa shape index (κ2) is 31.9. The fourth-order valence-corrected chi connectivity index (χ4v) is 8.29. The topological polar surface area (TPSA) is 312 Å². The van der Waals surface area contributed by atoms with E-state index in [9.17, 15) is 28.8 Å². The van der Waals surface area contributed by atoms with Crippen LogP contribution in [0.3, 0.4) is 0 Å². The number of fused-ring (bicyclic) bond motifs is 3. The minimum absolute atomic E-state index is 0. The molecule has 9 rings (SSSR count). The summed E-state index contributed by atoms with van der Waals surface area (Å²) in [5.74, 6) is -5.69. The molecule has 9 aromatic rings. The number of carboxylic acid groups (broad SMARTS) is 1. The maximum absolute atomic E-state index is 12.2. The first-order valence-corrected chi connectivity index (χ1v) is 25.7. The van der Waals surface area contributed by atoms with Crippen molar-refractivity contribution in [2.45, 2.75) is 13.8 Å². The molecule has 4 N–H and O–H groups in total. The van der Waals surface area contributed by atoms with E-state index in [4.69, 9.17) is 41.7 Å². The van der Waals surface area contributed by atoms with Crippen LogP contribution in [-0.4, -0.2) is 113 Å². The molecule has 0 atom stereocenters. The van der Waals surface area contributed by atoms with Gasteiger partial charge in [0.15, 0.2) is 5.69 Å². The molecule has 0 fully saturated rings. The van der Waals surface area contributed by atoms with Crippen LogP contribution in [0, 0.1) is 29.2 Å². The first-order valence-electron chi connectivity index (χ1n) is 24.9. The molecule has 0 aliphatic rings. The summed E-state index contributed by atoms with van der Waals surface area (Å²) in [6.45, 7) is 10.2. The van der Waals surface area contributed by atoms with Gasteiger partial charge in [0.2, 0.25) is 0 Å². The van der Waals surface area contributed by atoms with E-state index < -0.39 is 42.7 Å². The average molecular weight is 1200 g/mol. The Morgan fingerprint density at radius 2 is 0.929 bits per heavy atom. The minimum atomic E-state index is -1.51. The van der Waals surface area contributed by atoms with E-state index in [0.717, 1.165) is 63.9 Å². The number of carbonyl (C=O) groups is 6. The summed E-state index contributed by atoms with van der Waals surface area (Å²) >= 11 is 3.41. The Morgan fingerprint density at radius 3 is 1.28 bits per heavy atom. The molecule has 0 saturated carbocycles. The molecule has 0 spiro atoms. The Labute approximate surface area is 508 Å². The van der Waals surface area contributed by atoms with Crippen LogP contribution in [0.15, 0.2) is 169 Å². The molecule has 3 heterocycles. The van der Waals surface area contributed by atoms with E-state index in [0.29, 0.717) is 39.3 Å². The number of carbonyl (C=O) groups excluding carboxylic acids is 5. The molecule has 0 saturated heterocycles. The summed E-state index contributed by atoms with van der Waals surface area (Å²) in [7, 11) is 3.04. The van der Waals surface area contributed by atoms with Gasteiger partial charge in [-0.05, 0) is 118 Å². The number of likely N-dealkylation sites (N-methyl/N-ethyl adjacent to an activating group) is 3. The number of amides is 3. The molecule has 422 valence electrons. The molecule has 24 heteroatoms. The third-order valence-electron chi connectivity index (χ3n) is 12.3. The van der Waals surface area contributed by atoms with E-state index in [2.05, 4.69) is 47.9 Å². The number of halogens is 1. The zero-order valence-corrected chi connectivity index (χ0v) is 48.1. The predicted molar refractivity (Wildman–Crippen MR) is 319 cm³/mol. The minimum Gasteiger partial charge on any atom is -0.870 e. The van der Waals surface area contributed by atoms with Gasteiger partial charge in [-0.1, -0.05) is 66.7 Å². The van der Waals surface area contributed by atoms with Crippen molar-refractivity contribution < 1.29 is 77.7 Å². The van der Waals surface area contributed by atoms with E-state index >= 15 is 0 Å². The van der Waals surface area contributed by atoms with E-state index in [1.165, 1.54) is 43.1 Å². The van der Waals surface area contributed by atoms with Gasteiger partial charge < -0.3 is 44.8 Å². The van der Waals surface area contributed by atoms with Crippen LogP contribution in [0.25, 0.3) is 59.4 Å². The average Bonchev–Trinajstić information content (AvgIpc) is 2.41. The van der Waals surface area contributed by atoms with Gasteiger partial charge in [0, 0.05) is 113 Å². The molecule has 0 bridgehead atoms. The summed E-state index contributed by atoms with van der Waals surface area (Å²) in [5, 5.41) is 49.4. The molecule has 0 radical (unpaired) electrons. The number of aliphatic carboxylic acids is 1. The number of benzene rings is 6. The Balaban J connectivity index is 0.000000250. The number of nitriles is 2. The number of nitrogens with zero attached hydrogens (tertiary/aromatic N) is 9. The SMILES string of the molecule is CCOC(=O)C(=O)N(C)c1ccc2cncc(-c3ccc(C#N)cc3)c2c1.CCOC(=O)C(=O)N(C)c1ccc2cncc(Br)c2c1.CN(C(=O)C(=O)O)c1ccc2cncc(-c3ccc(C#N)cc3)c2c1.[C-]#[N+]c1ccc(B(O)O)cc1.[Li+].[OH-]. The fraction of sp³-hybridized carbons (Fsp3) is 0.115. The Kier molecular flexibility index (Phi) is 25.3. The van der Waals surface area contributed by atoms with Gasteiger partial charge >= 0.3 is 61.6 Å². The number of rotatable bonds is 8. The summed E-state index contributed by atoms with van der Waals surface area (Å²) in [6, 6.07) is 40.7. The Hall–Kier alpha value is -10.1. The molecule has 0 unspecified atom stereocenters. The van der Waals surface area contributed by atoms with Gasteiger partial charge in [0.05, 0.1) is 43.1 Å². The van der Waals surface area contributed by atoms with Gasteiger partial charge in [-0.15, -0.1) is 0 Å². The van der Waals surface area contributed by atoms with Crippen LogP contribution in [0.1, 0.15) is 25.0 Å². The fourth-order valence-electron chi connectivity index (χ4n) is 7.83. The number of anilines is 3. The summed E-state index contributed by atoms with van der Waals surface area (Å²) < 4.78 is 10.3. The van der Waals surface area contributed by atoms with Gasteiger partial charge in [-0.25, -0.2) is 19.2 Å². The number of pyridine rings is 3. The van der Waals surface area contributed by atoms with Crippen molar-refractivity contribution in [3.63, 3.8) is 0 Å². The van der Waals surface area contributed by atoms with Gasteiger partial charge in [-0.3, -0.25) is 29.3 Å². The van der Waals surface area contributed by atoms with Crippen molar-refractivity contribution in [2.24, 2.45) is 0 Å². The monoisotopic (exact) mass is 1200 g/mol. The Bertz CT molecular complexity index is 4030. The molecule has 6 aromatic carbocycles. The Morgan fingerprint density at radius 1 is 0.565 bits per heavy atom. The second-order valence-corrected chi connectivity index (χ2v) is 18.4. The zero-order valence-electron chi connectivity index (χ0n) is 46.5. The molecule has 0 aliphatic carbocycles. The predicted octanol–water partition coefficient (Wildman–Crippen LogP) is 5.39. The van der Waals surface area contributed by atoms with Gasteiger partial charge in [-0.2, -0.15) is 10.5 Å². The van der Waals surface area contributed by atoms with Crippen LogP contribution < -0.4 is 39.0 Å². The maximum Gasteiger partial charge on any atom is 1.00 e. The van der Waals surface area contributed by atoms with Crippen molar-refractivity contribution in [3.05, 3.63) is 192 Å². The largest absolute Gasteiger partial charge is 1.00 e. The standard InChI is InChI=1S/C21H17N3O3.C19H13N3O3.C14H13BrN2O3.C7H6BNO2.Li.H2O/c1-3-27-21(26)20(25)24(2)17-9-8-16-12-23-13-19(18(16)10-17)15-6-4-14(11-22)5-7-15;1-22(18(23)19(24)25)15-7-6-14-10-21-11-17(16(14)8-15)13-4-2-12(9-20)3-5-13;1-3-20-14(19)13(18)17(2)10-5-4-9-7-16-8-12(15)11(9)6-10;1-9-7-4-2-6(3-5-7)8(10)11;;/h4-10,12-13H,3H2,1-2H3;2-8,10-11H,1H3,(H,24,25);4-8H,3H2,1-2H3;2-5,10-11H;;1H2/q;;;;+1;/p-1. The molecule has 85 heavy (non-hydrogen) atoms. The summed E-state index contributed by atoms with van der Waals surface area (Å²) in [4.78, 5) is 89.2. The molecular formula is C61H50BBrLiN9O12. The number of aromatic nitrogens is 3. The van der Waals surface area contributed by atoms with Crippen molar-refractivity contribution >= 4 is 119 Å². The molecule has 3 amide bonds. The van der Waals surface area contributed by atoms with Crippen LogP contribution in [-0.2, 0) is 38.2 Å². The quantitative estimate of drug-likeness (QED) is 0.0743. The summed E-state index contributed by atoms with van der Waals surface area (Å²) in [5.41, 5.74) is 7.18. The molecular weight excluding hydrogens is 1150 g/mol.